The van der Waals surface area contributed by atoms with Gasteiger partial charge >= 0.3 is 23.9 Å². The molecule has 458 valence electrons. The van der Waals surface area contributed by atoms with Gasteiger partial charge in [0.05, 0.1) is 53.4 Å². The molecular weight excluding hydrogens is 1090 g/mol. The fourth-order valence-corrected chi connectivity index (χ4v) is 9.57. The number of esters is 4. The number of carbonyl (C=O) groups excluding carboxylic acids is 4. The van der Waals surface area contributed by atoms with Crippen molar-refractivity contribution in [3.63, 3.8) is 0 Å². The molecule has 0 bridgehead atoms. The van der Waals surface area contributed by atoms with Crippen LogP contribution in [-0.2, 0) is 6.42 Å². The van der Waals surface area contributed by atoms with E-state index in [-0.39, 0.29) is 34.1 Å². The maximum absolute atomic E-state index is 13.1. The van der Waals surface area contributed by atoms with Crippen LogP contribution in [0.5, 0.6) is 40.2 Å². The number of nitrogens with zero attached hydrogens (tertiary/aromatic N) is 2. The number of carbonyl (C=O) groups is 4. The van der Waals surface area contributed by atoms with E-state index in [0.29, 0.717) is 42.4 Å². The van der Waals surface area contributed by atoms with Crippen molar-refractivity contribution in [3.05, 3.63) is 198 Å². The van der Waals surface area contributed by atoms with Gasteiger partial charge in [0.25, 0.3) is 0 Å². The second-order valence-corrected chi connectivity index (χ2v) is 21.9. The minimum Gasteiger partial charge on any atom is -0.494 e. The van der Waals surface area contributed by atoms with Gasteiger partial charge in [0.1, 0.15) is 40.2 Å². The average Bonchev–Trinajstić information content (AvgIpc) is 3.69. The topological polar surface area (TPSA) is 158 Å². The van der Waals surface area contributed by atoms with Crippen LogP contribution in [0.15, 0.2) is 180 Å². The van der Waals surface area contributed by atoms with Crippen LogP contribution in [0.2, 0.25) is 0 Å². The largest absolute Gasteiger partial charge is 0.494 e. The third kappa shape index (κ3) is 25.1. The van der Waals surface area contributed by atoms with Crippen LogP contribution in [0.3, 0.4) is 0 Å². The number of azo groups is 1. The maximum atomic E-state index is 13.1. The third-order valence-corrected chi connectivity index (χ3v) is 14.7. The molecule has 0 aromatic heterocycles. The smallest absolute Gasteiger partial charge is 0.343 e. The van der Waals surface area contributed by atoms with Gasteiger partial charge in [-0.1, -0.05) is 148 Å². The van der Waals surface area contributed by atoms with Gasteiger partial charge in [0.2, 0.25) is 0 Å². The lowest BCUT2D eigenvalue weighted by Crippen LogP contribution is -2.12. The molecule has 13 heteroatoms. The molecule has 0 atom stereocenters. The zero-order valence-electron chi connectivity index (χ0n) is 50.9. The number of aryl methyl sites for hydroxylation is 1. The average molecular weight is 1180 g/mol. The highest BCUT2D eigenvalue weighted by Gasteiger charge is 2.16. The lowest BCUT2D eigenvalue weighted by Gasteiger charge is -2.09. The molecule has 87 heavy (non-hydrogen) atoms. The second-order valence-electron chi connectivity index (χ2n) is 21.9. The zero-order valence-corrected chi connectivity index (χ0v) is 50.9. The summed E-state index contributed by atoms with van der Waals surface area (Å²) in [4.78, 5) is 52.0. The summed E-state index contributed by atoms with van der Waals surface area (Å²) in [6.07, 6.45) is 27.7. The summed E-state index contributed by atoms with van der Waals surface area (Å²) >= 11 is 0. The molecule has 0 amide bonds. The highest BCUT2D eigenvalue weighted by molar-refractivity contribution is 5.94. The van der Waals surface area contributed by atoms with E-state index < -0.39 is 23.9 Å². The van der Waals surface area contributed by atoms with Crippen molar-refractivity contribution in [1.82, 2.24) is 0 Å². The van der Waals surface area contributed by atoms with Crippen molar-refractivity contribution >= 4 is 35.3 Å². The number of rotatable bonds is 40. The van der Waals surface area contributed by atoms with Gasteiger partial charge < -0.3 is 33.2 Å². The van der Waals surface area contributed by atoms with Gasteiger partial charge in [-0.3, -0.25) is 0 Å². The van der Waals surface area contributed by atoms with E-state index in [9.17, 15) is 19.2 Å². The lowest BCUT2D eigenvalue weighted by atomic mass is 10.1. The summed E-state index contributed by atoms with van der Waals surface area (Å²) in [5.41, 5.74) is 4.08. The number of ether oxygens (including phenoxy) is 7. The number of unbranched alkanes of at least 4 members (excludes halogenated alkanes) is 19. The Kier molecular flexibility index (Phi) is 29.2. The molecule has 7 aromatic rings. The maximum Gasteiger partial charge on any atom is 0.343 e. The predicted molar refractivity (Wildman–Crippen MR) is 342 cm³/mol. The highest BCUT2D eigenvalue weighted by Crippen LogP contribution is 2.26. The fraction of sp³-hybridized carbons (Fsp3) is 0.378. The normalized spacial score (nSPS) is 11.1. The molecule has 0 saturated carbocycles. The molecule has 0 radical (unpaired) electrons. The van der Waals surface area contributed by atoms with Gasteiger partial charge in [-0.25, -0.2) is 19.2 Å². The zero-order chi connectivity index (χ0) is 60.9. The summed E-state index contributed by atoms with van der Waals surface area (Å²) in [5.74, 6) is 0.661. The number of hydrogen-bond donors (Lipinski definition) is 0. The van der Waals surface area contributed by atoms with Crippen molar-refractivity contribution in [2.45, 2.75) is 162 Å². The molecule has 0 aliphatic rings. The van der Waals surface area contributed by atoms with Crippen molar-refractivity contribution in [2.24, 2.45) is 10.2 Å². The first-order chi connectivity index (χ1) is 42.7. The van der Waals surface area contributed by atoms with Crippen molar-refractivity contribution in [3.8, 4) is 40.2 Å². The van der Waals surface area contributed by atoms with Crippen LogP contribution in [0.25, 0.3) is 0 Å². The van der Waals surface area contributed by atoms with Crippen LogP contribution < -0.4 is 33.2 Å². The minimum absolute atomic E-state index is 0.125. The van der Waals surface area contributed by atoms with Gasteiger partial charge in [0.15, 0.2) is 0 Å². The van der Waals surface area contributed by atoms with Crippen LogP contribution in [-0.4, -0.2) is 43.7 Å². The van der Waals surface area contributed by atoms with Crippen LogP contribution in [0.1, 0.15) is 202 Å². The SMILES string of the molecule is CCCCCCCCCCCCOc1ccc(C(=O)Oc2ccc(C(=O)Oc3cccc(C(=O)Oc4ccc(OC(=O)c5ccc(OCCCCCCCCCCCCOc6ccc(N=Nc7ccc(CCCC)cc7)cc6)cc5)cc4)c3)cc2)cc1. The Hall–Kier alpha value is -8.58. The molecule has 0 unspecified atom stereocenters. The Morgan fingerprint density at radius 1 is 0.287 bits per heavy atom. The van der Waals surface area contributed by atoms with Crippen molar-refractivity contribution in [2.75, 3.05) is 19.8 Å². The number of hydrogen-bond acceptors (Lipinski definition) is 13. The molecule has 0 spiro atoms. The standard InChI is InChI=1S/C74H86N2O11/c1-3-5-7-8-9-10-13-16-19-22-53-81-64-41-31-58(32-42-64)71(77)84-67-45-35-60(36-46-67)73(79)87-70-28-25-27-61(56-70)74(80)86-69-51-49-68(50-52-69)85-72(78)59-33-43-65(44-34-59)82-54-23-20-17-14-11-12-15-18-21-24-55-83-66-47-39-63(40-48-66)76-75-62-37-29-57(30-38-62)26-6-4-2/h25,27-52,56H,3-24,26,53-55H2,1-2H3. The van der Waals surface area contributed by atoms with Crippen LogP contribution in [0.4, 0.5) is 11.4 Å². The molecule has 7 aromatic carbocycles. The Balaban J connectivity index is 0.694. The van der Waals surface area contributed by atoms with Crippen LogP contribution >= 0.6 is 0 Å². The van der Waals surface area contributed by atoms with Crippen molar-refractivity contribution in [1.29, 1.82) is 0 Å². The molecule has 0 aliphatic carbocycles. The summed E-state index contributed by atoms with van der Waals surface area (Å²) in [7, 11) is 0. The lowest BCUT2D eigenvalue weighted by molar-refractivity contribution is 0.0713. The van der Waals surface area contributed by atoms with E-state index in [1.807, 2.05) is 36.4 Å². The molecular formula is C74H86N2O11. The quantitative estimate of drug-likeness (QED) is 0.0156. The molecule has 0 saturated heterocycles. The first-order valence-corrected chi connectivity index (χ1v) is 31.6. The van der Waals surface area contributed by atoms with E-state index in [4.69, 9.17) is 33.2 Å². The van der Waals surface area contributed by atoms with E-state index in [1.165, 1.54) is 175 Å². The Labute approximate surface area is 514 Å². The summed E-state index contributed by atoms with van der Waals surface area (Å²) in [6.45, 7) is 6.41. The van der Waals surface area contributed by atoms with Crippen LogP contribution in [0, 0.1) is 0 Å². The van der Waals surface area contributed by atoms with E-state index in [0.717, 1.165) is 55.6 Å². The van der Waals surface area contributed by atoms with Crippen molar-refractivity contribution < 1.29 is 52.3 Å². The van der Waals surface area contributed by atoms with Gasteiger partial charge in [-0.05, 0) is 189 Å². The molecule has 0 aliphatic heterocycles. The first kappa shape index (κ1) is 66.0. The Morgan fingerprint density at radius 2 is 0.586 bits per heavy atom. The Morgan fingerprint density at radius 3 is 0.966 bits per heavy atom. The second kappa shape index (κ2) is 38.5. The predicted octanol–water partition coefficient (Wildman–Crippen LogP) is 20.0. The molecule has 0 N–H and O–H groups in total. The first-order valence-electron chi connectivity index (χ1n) is 31.6. The van der Waals surface area contributed by atoms with Gasteiger partial charge in [-0.2, -0.15) is 10.2 Å². The molecule has 0 fully saturated rings. The molecule has 13 nitrogen and oxygen atoms in total. The Bertz CT molecular complexity index is 3140. The van der Waals surface area contributed by atoms with Gasteiger partial charge in [-0.15, -0.1) is 0 Å². The molecule has 0 heterocycles. The third-order valence-electron chi connectivity index (χ3n) is 14.7. The van der Waals surface area contributed by atoms with E-state index in [1.54, 1.807) is 60.7 Å². The highest BCUT2D eigenvalue weighted by atomic mass is 16.6. The molecule has 7 rings (SSSR count). The fourth-order valence-electron chi connectivity index (χ4n) is 9.57. The summed E-state index contributed by atoms with van der Waals surface area (Å²) in [5, 5.41) is 8.74. The summed E-state index contributed by atoms with van der Waals surface area (Å²) < 4.78 is 40.0. The summed E-state index contributed by atoms with van der Waals surface area (Å²) in [6, 6.07) is 47.9. The monoisotopic (exact) mass is 1180 g/mol. The number of benzene rings is 7. The van der Waals surface area contributed by atoms with E-state index >= 15 is 0 Å². The van der Waals surface area contributed by atoms with E-state index in [2.05, 4.69) is 36.2 Å². The minimum atomic E-state index is -0.687. The van der Waals surface area contributed by atoms with Gasteiger partial charge in [0, 0.05) is 0 Å².